The lowest BCUT2D eigenvalue weighted by Gasteiger charge is -2.31. The fourth-order valence-electron chi connectivity index (χ4n) is 2.22. The van der Waals surface area contributed by atoms with Crippen molar-refractivity contribution in [1.29, 1.82) is 0 Å². The molecule has 1 aliphatic heterocycles. The second-order valence-electron chi connectivity index (χ2n) is 5.23. The van der Waals surface area contributed by atoms with Crippen LogP contribution in [0.2, 0.25) is 0 Å². The van der Waals surface area contributed by atoms with Gasteiger partial charge < -0.3 is 14.6 Å². The minimum Gasteiger partial charge on any atom is -0.468 e. The highest BCUT2D eigenvalue weighted by Crippen LogP contribution is 2.33. The number of aliphatic hydroxyl groups is 1. The number of hydrogen-bond acceptors (Lipinski definition) is 6. The van der Waals surface area contributed by atoms with E-state index in [1.807, 2.05) is 0 Å². The van der Waals surface area contributed by atoms with E-state index in [-0.39, 0.29) is 12.0 Å². The molecule has 0 unspecified atom stereocenters. The Morgan fingerprint density at radius 1 is 1.43 bits per heavy atom. The first-order valence-electron chi connectivity index (χ1n) is 6.50. The van der Waals surface area contributed by atoms with Gasteiger partial charge in [0.15, 0.2) is 0 Å². The molecule has 1 heterocycles. The topological polar surface area (TPSA) is 89.9 Å². The number of fused-ring (bicyclic) bond motifs is 1. The van der Waals surface area contributed by atoms with Crippen LogP contribution in [0.4, 0.5) is 0 Å². The van der Waals surface area contributed by atoms with Gasteiger partial charge in [0.1, 0.15) is 12.0 Å². The smallest absolute Gasteiger partial charge is 0.304 e. The lowest BCUT2D eigenvalue weighted by atomic mass is 9.80. The van der Waals surface area contributed by atoms with Crippen LogP contribution in [0.25, 0.3) is 0 Å². The summed E-state index contributed by atoms with van der Waals surface area (Å²) in [5.74, 6) is -1.47. The maximum atomic E-state index is 12.4. The van der Waals surface area contributed by atoms with Crippen molar-refractivity contribution in [1.82, 2.24) is 0 Å². The normalized spacial score (nSPS) is 26.0. The number of rotatable bonds is 3. The Bertz CT molecular complexity index is 608. The molecular weight excluding hydrogens is 276 g/mol. The van der Waals surface area contributed by atoms with Gasteiger partial charge in [0, 0.05) is 13.3 Å². The maximum Gasteiger partial charge on any atom is 0.304 e. The van der Waals surface area contributed by atoms with Crippen LogP contribution in [0, 0.1) is 0 Å². The molecule has 0 saturated carbocycles. The van der Waals surface area contributed by atoms with Crippen molar-refractivity contribution in [2.24, 2.45) is 0 Å². The first-order valence-corrected chi connectivity index (χ1v) is 6.50. The Labute approximate surface area is 121 Å². The van der Waals surface area contributed by atoms with E-state index in [0.29, 0.717) is 11.3 Å². The predicted molar refractivity (Wildman–Crippen MR) is 71.8 cm³/mol. The highest BCUT2D eigenvalue weighted by Gasteiger charge is 2.48. The second-order valence-corrected chi connectivity index (χ2v) is 5.23. The van der Waals surface area contributed by atoms with Crippen LogP contribution >= 0.6 is 0 Å². The zero-order valence-corrected chi connectivity index (χ0v) is 12.0. The Morgan fingerprint density at radius 2 is 2.10 bits per heavy atom. The lowest BCUT2D eigenvalue weighted by molar-refractivity contribution is -0.167. The number of Topliss-reactive ketones (excluding diaryl/α,β-unsaturated/α-hetero) is 1. The van der Waals surface area contributed by atoms with Gasteiger partial charge in [-0.25, -0.2) is 0 Å². The Balaban J connectivity index is 2.37. The van der Waals surface area contributed by atoms with Crippen molar-refractivity contribution in [3.05, 3.63) is 35.3 Å². The molecule has 2 aliphatic rings. The minimum atomic E-state index is -1.85. The van der Waals surface area contributed by atoms with Gasteiger partial charge >= 0.3 is 5.97 Å². The third-order valence-corrected chi connectivity index (χ3v) is 3.23. The minimum absolute atomic E-state index is 0.174. The molecule has 0 radical (unpaired) electrons. The molecule has 21 heavy (non-hydrogen) atoms. The van der Waals surface area contributed by atoms with Crippen molar-refractivity contribution < 1.29 is 29.0 Å². The van der Waals surface area contributed by atoms with Crippen molar-refractivity contribution in [2.45, 2.75) is 38.9 Å². The number of allylic oxidation sites excluding steroid dienone is 2. The van der Waals surface area contributed by atoms with Crippen molar-refractivity contribution >= 4 is 17.5 Å². The molecule has 0 aromatic rings. The van der Waals surface area contributed by atoms with Crippen LogP contribution in [0.1, 0.15) is 27.2 Å². The van der Waals surface area contributed by atoms with Gasteiger partial charge in [-0.2, -0.15) is 0 Å². The fraction of sp³-hybridized carbons (Fsp3) is 0.400. The third kappa shape index (κ3) is 2.80. The van der Waals surface area contributed by atoms with Crippen molar-refractivity contribution in [3.63, 3.8) is 0 Å². The van der Waals surface area contributed by atoms with Gasteiger partial charge in [-0.1, -0.05) is 0 Å². The molecular formula is C15H16O6. The van der Waals surface area contributed by atoms with Gasteiger partial charge in [0.25, 0.3) is 0 Å². The molecule has 0 bridgehead atoms. The van der Waals surface area contributed by atoms with Crippen LogP contribution in [-0.2, 0) is 23.9 Å². The second kappa shape index (κ2) is 5.29. The number of carbonyl (C=O) groups excluding carboxylic acids is 3. The molecule has 0 amide bonds. The third-order valence-electron chi connectivity index (χ3n) is 3.23. The van der Waals surface area contributed by atoms with Crippen molar-refractivity contribution in [3.8, 4) is 0 Å². The van der Waals surface area contributed by atoms with Gasteiger partial charge in [0.2, 0.25) is 17.2 Å². The SMILES string of the molecule is CC(=O)O[C@]1(C)C(=O)C=C2C=C(C[C@H](C)O)OC=C2C1=O. The Kier molecular flexibility index (Phi) is 3.82. The fourth-order valence-corrected chi connectivity index (χ4v) is 2.22. The standard InChI is InChI=1S/C15H16O6/c1-8(16)4-11-5-10-6-13(18)15(3,21-9(2)17)14(19)12(10)7-20-11/h5-8,16H,4H2,1-3H3/t8-,15+/m0/s1. The number of ether oxygens (including phenoxy) is 2. The molecule has 112 valence electrons. The average molecular weight is 292 g/mol. The largest absolute Gasteiger partial charge is 0.468 e. The lowest BCUT2D eigenvalue weighted by Crippen LogP contribution is -2.50. The summed E-state index contributed by atoms with van der Waals surface area (Å²) in [6.45, 7) is 4.01. The molecule has 2 rings (SSSR count). The van der Waals surface area contributed by atoms with Crippen LogP contribution in [0.5, 0.6) is 0 Å². The zero-order chi connectivity index (χ0) is 15.8. The maximum absolute atomic E-state index is 12.4. The molecule has 0 fully saturated rings. The van der Waals surface area contributed by atoms with Gasteiger partial charge in [-0.05, 0) is 31.6 Å². The highest BCUT2D eigenvalue weighted by atomic mass is 16.6. The molecule has 0 aromatic heterocycles. The van der Waals surface area contributed by atoms with E-state index in [1.165, 1.54) is 25.3 Å². The molecule has 0 aromatic carbocycles. The number of hydrogen-bond donors (Lipinski definition) is 1. The van der Waals surface area contributed by atoms with Crippen LogP contribution in [0.15, 0.2) is 35.3 Å². The zero-order valence-electron chi connectivity index (χ0n) is 12.0. The number of carbonyl (C=O) groups is 3. The van der Waals surface area contributed by atoms with Crippen LogP contribution in [-0.4, -0.2) is 34.3 Å². The van der Waals surface area contributed by atoms with E-state index in [9.17, 15) is 19.5 Å². The molecule has 1 aliphatic carbocycles. The summed E-state index contributed by atoms with van der Waals surface area (Å²) >= 11 is 0. The summed E-state index contributed by atoms with van der Waals surface area (Å²) in [5, 5.41) is 9.33. The van der Waals surface area contributed by atoms with E-state index < -0.39 is 29.2 Å². The summed E-state index contributed by atoms with van der Waals surface area (Å²) in [5.41, 5.74) is -1.27. The first kappa shape index (κ1) is 15.2. The van der Waals surface area contributed by atoms with Gasteiger partial charge in [0.05, 0.1) is 11.7 Å². The van der Waals surface area contributed by atoms with E-state index in [1.54, 1.807) is 6.92 Å². The van der Waals surface area contributed by atoms with E-state index in [0.717, 1.165) is 6.92 Å². The molecule has 2 atom stereocenters. The van der Waals surface area contributed by atoms with E-state index >= 15 is 0 Å². The van der Waals surface area contributed by atoms with E-state index in [4.69, 9.17) is 9.47 Å². The monoisotopic (exact) mass is 292 g/mol. The number of aliphatic hydroxyl groups excluding tert-OH is 1. The predicted octanol–water partition coefficient (Wildman–Crippen LogP) is 0.955. The molecule has 1 N–H and O–H groups in total. The summed E-state index contributed by atoms with van der Waals surface area (Å²) in [6.07, 6.45) is 3.67. The summed E-state index contributed by atoms with van der Waals surface area (Å²) in [4.78, 5) is 35.6. The number of ketones is 2. The number of esters is 1. The molecule has 0 saturated heterocycles. The average Bonchev–Trinajstić information content (AvgIpc) is 2.35. The van der Waals surface area contributed by atoms with Gasteiger partial charge in [-0.15, -0.1) is 0 Å². The Hall–Kier alpha value is -2.21. The van der Waals surface area contributed by atoms with Crippen LogP contribution in [0.3, 0.4) is 0 Å². The summed E-state index contributed by atoms with van der Waals surface area (Å²) < 4.78 is 10.2. The van der Waals surface area contributed by atoms with Crippen molar-refractivity contribution in [2.75, 3.05) is 0 Å². The van der Waals surface area contributed by atoms with Crippen LogP contribution < -0.4 is 0 Å². The summed E-state index contributed by atoms with van der Waals surface area (Å²) in [6, 6.07) is 0. The first-order chi connectivity index (χ1) is 9.74. The van der Waals surface area contributed by atoms with E-state index in [2.05, 4.69) is 0 Å². The molecule has 6 nitrogen and oxygen atoms in total. The quantitative estimate of drug-likeness (QED) is 0.615. The molecule has 0 spiro atoms. The van der Waals surface area contributed by atoms with Gasteiger partial charge in [-0.3, -0.25) is 14.4 Å². The molecule has 6 heteroatoms. The Morgan fingerprint density at radius 3 is 2.67 bits per heavy atom. The highest BCUT2D eigenvalue weighted by molar-refractivity contribution is 6.26. The summed E-state index contributed by atoms with van der Waals surface area (Å²) in [7, 11) is 0.